The summed E-state index contributed by atoms with van der Waals surface area (Å²) < 4.78 is 5.82. The van der Waals surface area contributed by atoms with E-state index < -0.39 is 0 Å². The Balaban J connectivity index is 2.23. The van der Waals surface area contributed by atoms with Crippen LogP contribution in [-0.2, 0) is 4.74 Å². The number of rotatable bonds is 1. The van der Waals surface area contributed by atoms with Crippen LogP contribution in [-0.4, -0.2) is 36.3 Å². The topological polar surface area (TPSA) is 58.2 Å². The predicted molar refractivity (Wildman–Crippen MR) is 60.6 cm³/mol. The fourth-order valence-electron chi connectivity index (χ4n) is 1.31. The van der Waals surface area contributed by atoms with Crippen LogP contribution in [0.5, 0.6) is 0 Å². The van der Waals surface area contributed by atoms with Crippen LogP contribution in [0.1, 0.15) is 0 Å². The fourth-order valence-corrected chi connectivity index (χ4v) is 1.58. The lowest BCUT2D eigenvalue weighted by Crippen LogP contribution is -2.38. The molecule has 1 aromatic heterocycles. The number of hydrogen-bond donors (Lipinski definition) is 1. The molecule has 0 amide bonds. The first kappa shape index (κ1) is 9.91. The lowest BCUT2D eigenvalue weighted by molar-refractivity contribution is 0.122. The molecule has 0 spiro atoms. The number of H-pyrrole nitrogens is 1. The highest BCUT2D eigenvalue weighted by Crippen LogP contribution is 2.07. The van der Waals surface area contributed by atoms with Crippen molar-refractivity contribution in [1.82, 2.24) is 9.97 Å². The molecule has 2 rings (SSSR count). The number of halogens is 1. The van der Waals surface area contributed by atoms with Crippen LogP contribution in [0.25, 0.3) is 0 Å². The zero-order valence-electron chi connectivity index (χ0n) is 7.49. The maximum absolute atomic E-state index is 11.3. The Morgan fingerprint density at radius 2 is 2.21 bits per heavy atom. The standard InChI is InChI=1S/C8H10IN3O2/c9-6-5-10-8(11-7(6)13)12-1-3-14-4-2-12/h5H,1-4H2,(H,10,11,13). The quantitative estimate of drug-likeness (QED) is 0.754. The Kier molecular flexibility index (Phi) is 3.02. The second-order valence-electron chi connectivity index (χ2n) is 2.98. The molecule has 1 aromatic rings. The number of morpholine rings is 1. The summed E-state index contributed by atoms with van der Waals surface area (Å²) in [7, 11) is 0. The summed E-state index contributed by atoms with van der Waals surface area (Å²) >= 11 is 1.96. The van der Waals surface area contributed by atoms with Gasteiger partial charge in [0.25, 0.3) is 5.56 Å². The molecule has 0 aromatic carbocycles. The Morgan fingerprint density at radius 1 is 1.50 bits per heavy atom. The Morgan fingerprint density at radius 3 is 2.86 bits per heavy atom. The number of hydrogen-bond acceptors (Lipinski definition) is 4. The number of nitrogens with one attached hydrogen (secondary N) is 1. The monoisotopic (exact) mass is 307 g/mol. The molecule has 1 aliphatic heterocycles. The molecule has 0 aliphatic carbocycles. The first-order valence-corrected chi connectivity index (χ1v) is 5.43. The van der Waals surface area contributed by atoms with Gasteiger partial charge >= 0.3 is 0 Å². The van der Waals surface area contributed by atoms with Crippen molar-refractivity contribution in [2.24, 2.45) is 0 Å². The number of aromatic nitrogens is 2. The average molecular weight is 307 g/mol. The molecular weight excluding hydrogens is 297 g/mol. The molecule has 0 radical (unpaired) electrons. The largest absolute Gasteiger partial charge is 0.378 e. The SMILES string of the molecule is O=c1[nH]c(N2CCOCC2)ncc1I. The van der Waals surface area contributed by atoms with Crippen LogP contribution < -0.4 is 10.5 Å². The van der Waals surface area contributed by atoms with Crippen LogP contribution in [0.2, 0.25) is 0 Å². The molecule has 0 atom stereocenters. The Labute approximate surface area is 94.6 Å². The van der Waals surface area contributed by atoms with Crippen molar-refractivity contribution in [1.29, 1.82) is 0 Å². The van der Waals surface area contributed by atoms with Crippen LogP contribution in [0, 0.1) is 3.57 Å². The van der Waals surface area contributed by atoms with Crippen molar-refractivity contribution in [2.45, 2.75) is 0 Å². The van der Waals surface area contributed by atoms with Crippen molar-refractivity contribution in [2.75, 3.05) is 31.2 Å². The van der Waals surface area contributed by atoms with Crippen molar-refractivity contribution < 1.29 is 4.74 Å². The van der Waals surface area contributed by atoms with Crippen LogP contribution in [0.15, 0.2) is 11.0 Å². The summed E-state index contributed by atoms with van der Waals surface area (Å²) in [6, 6.07) is 0. The van der Waals surface area contributed by atoms with E-state index in [2.05, 4.69) is 9.97 Å². The van der Waals surface area contributed by atoms with Crippen LogP contribution in [0.4, 0.5) is 5.95 Å². The van der Waals surface area contributed by atoms with Crippen molar-refractivity contribution in [3.8, 4) is 0 Å². The average Bonchev–Trinajstić information content (AvgIpc) is 2.23. The number of aromatic amines is 1. The van der Waals surface area contributed by atoms with Crippen molar-refractivity contribution in [3.63, 3.8) is 0 Å². The molecule has 76 valence electrons. The van der Waals surface area contributed by atoms with Crippen molar-refractivity contribution >= 4 is 28.5 Å². The molecule has 6 heteroatoms. The van der Waals surface area contributed by atoms with Gasteiger partial charge in [-0.15, -0.1) is 0 Å². The van der Waals surface area contributed by atoms with Gasteiger partial charge < -0.3 is 9.64 Å². The lowest BCUT2D eigenvalue weighted by Gasteiger charge is -2.26. The molecule has 1 saturated heterocycles. The third-order valence-corrected chi connectivity index (χ3v) is 2.82. The van der Waals surface area contributed by atoms with E-state index in [1.807, 2.05) is 27.5 Å². The Hall–Kier alpha value is -0.630. The first-order valence-electron chi connectivity index (χ1n) is 4.35. The highest BCUT2D eigenvalue weighted by molar-refractivity contribution is 14.1. The molecule has 2 heterocycles. The molecule has 14 heavy (non-hydrogen) atoms. The van der Waals surface area contributed by atoms with E-state index >= 15 is 0 Å². The molecular formula is C8H10IN3O2. The smallest absolute Gasteiger partial charge is 0.265 e. The van der Waals surface area contributed by atoms with E-state index in [1.54, 1.807) is 6.20 Å². The Bertz CT molecular complexity index is 373. The lowest BCUT2D eigenvalue weighted by atomic mass is 10.4. The van der Waals surface area contributed by atoms with Gasteiger partial charge in [-0.25, -0.2) is 4.98 Å². The van der Waals surface area contributed by atoms with Gasteiger partial charge in [0.15, 0.2) is 0 Å². The maximum atomic E-state index is 11.3. The minimum absolute atomic E-state index is 0.0814. The van der Waals surface area contributed by atoms with Crippen molar-refractivity contribution in [3.05, 3.63) is 20.1 Å². The van der Waals surface area contributed by atoms with E-state index in [0.717, 1.165) is 13.1 Å². The predicted octanol–water partition coefficient (Wildman–Crippen LogP) is 0.211. The van der Waals surface area contributed by atoms with E-state index in [-0.39, 0.29) is 5.56 Å². The van der Waals surface area contributed by atoms with Gasteiger partial charge in [0.05, 0.1) is 16.8 Å². The minimum atomic E-state index is -0.0814. The second kappa shape index (κ2) is 4.26. The molecule has 0 unspecified atom stereocenters. The second-order valence-corrected chi connectivity index (χ2v) is 4.15. The summed E-state index contributed by atoms with van der Waals surface area (Å²) in [6.07, 6.45) is 1.59. The molecule has 5 nitrogen and oxygen atoms in total. The molecule has 0 saturated carbocycles. The fraction of sp³-hybridized carbons (Fsp3) is 0.500. The van der Waals surface area contributed by atoms with Gasteiger partial charge in [0.1, 0.15) is 0 Å². The number of ether oxygens (including phenoxy) is 1. The zero-order valence-corrected chi connectivity index (χ0v) is 9.65. The highest BCUT2D eigenvalue weighted by atomic mass is 127. The van der Waals surface area contributed by atoms with Gasteiger partial charge in [-0.05, 0) is 22.6 Å². The normalized spacial score (nSPS) is 17.1. The minimum Gasteiger partial charge on any atom is -0.378 e. The molecule has 1 fully saturated rings. The van der Waals surface area contributed by atoms with Gasteiger partial charge in [-0.3, -0.25) is 9.78 Å². The third-order valence-electron chi connectivity index (χ3n) is 2.05. The van der Waals surface area contributed by atoms with Gasteiger partial charge in [-0.1, -0.05) is 0 Å². The summed E-state index contributed by atoms with van der Waals surface area (Å²) in [6.45, 7) is 2.94. The van der Waals surface area contributed by atoms with E-state index in [9.17, 15) is 4.79 Å². The number of anilines is 1. The summed E-state index contributed by atoms with van der Waals surface area (Å²) in [5.41, 5.74) is -0.0814. The number of nitrogens with zero attached hydrogens (tertiary/aromatic N) is 2. The summed E-state index contributed by atoms with van der Waals surface area (Å²) in [5, 5.41) is 0. The van der Waals surface area contributed by atoms with Gasteiger partial charge in [0, 0.05) is 19.3 Å². The van der Waals surface area contributed by atoms with E-state index in [0.29, 0.717) is 22.7 Å². The molecule has 1 aliphatic rings. The zero-order chi connectivity index (χ0) is 9.97. The summed E-state index contributed by atoms with van der Waals surface area (Å²) in [5.74, 6) is 0.638. The van der Waals surface area contributed by atoms with E-state index in [1.165, 1.54) is 0 Å². The van der Waals surface area contributed by atoms with E-state index in [4.69, 9.17) is 4.74 Å². The summed E-state index contributed by atoms with van der Waals surface area (Å²) in [4.78, 5) is 20.2. The van der Waals surface area contributed by atoms with Crippen LogP contribution >= 0.6 is 22.6 Å². The first-order chi connectivity index (χ1) is 6.77. The molecule has 0 bridgehead atoms. The molecule has 1 N–H and O–H groups in total. The highest BCUT2D eigenvalue weighted by Gasteiger charge is 2.13. The third kappa shape index (κ3) is 2.06. The van der Waals surface area contributed by atoms with Gasteiger partial charge in [0.2, 0.25) is 5.95 Å². The maximum Gasteiger partial charge on any atom is 0.265 e. The van der Waals surface area contributed by atoms with Crippen LogP contribution in [0.3, 0.4) is 0 Å². The van der Waals surface area contributed by atoms with Gasteiger partial charge in [-0.2, -0.15) is 0 Å².